The number of carbonyl (C=O) groups is 1. The van der Waals surface area contributed by atoms with E-state index in [1.54, 1.807) is 0 Å². The van der Waals surface area contributed by atoms with Crippen LogP contribution in [-0.4, -0.2) is 36.6 Å². The number of likely N-dealkylation sites (tertiary alicyclic amines) is 1. The van der Waals surface area contributed by atoms with Crippen molar-refractivity contribution in [1.82, 2.24) is 4.90 Å². The SMILES string of the molecule is CC(C)[C@H]1CC[C@@H](C)C[C@@H]1OC(=O)CN1CCCCC1. The summed E-state index contributed by atoms with van der Waals surface area (Å²) in [6.07, 6.45) is 7.44. The van der Waals surface area contributed by atoms with Crippen LogP contribution < -0.4 is 0 Å². The maximum Gasteiger partial charge on any atom is 0.320 e. The topological polar surface area (TPSA) is 29.5 Å². The van der Waals surface area contributed by atoms with Crippen molar-refractivity contribution in [2.24, 2.45) is 17.8 Å². The Morgan fingerprint density at radius 2 is 1.90 bits per heavy atom. The normalized spacial score (nSPS) is 32.3. The molecule has 2 fully saturated rings. The van der Waals surface area contributed by atoms with E-state index in [0.29, 0.717) is 24.3 Å². The van der Waals surface area contributed by atoms with Crippen LogP contribution in [0.5, 0.6) is 0 Å². The lowest BCUT2D eigenvalue weighted by Gasteiger charge is -2.37. The van der Waals surface area contributed by atoms with Crippen molar-refractivity contribution >= 4 is 5.97 Å². The van der Waals surface area contributed by atoms with Crippen LogP contribution in [0.4, 0.5) is 0 Å². The van der Waals surface area contributed by atoms with Gasteiger partial charge in [0.25, 0.3) is 0 Å². The molecule has 0 aromatic carbocycles. The first kappa shape index (κ1) is 15.8. The Labute approximate surface area is 124 Å². The van der Waals surface area contributed by atoms with Crippen molar-refractivity contribution in [3.05, 3.63) is 0 Å². The molecule has 1 saturated heterocycles. The smallest absolute Gasteiger partial charge is 0.320 e. The number of hydrogen-bond acceptors (Lipinski definition) is 3. The number of rotatable bonds is 4. The fourth-order valence-electron chi connectivity index (χ4n) is 3.76. The van der Waals surface area contributed by atoms with Gasteiger partial charge in [0.05, 0.1) is 6.54 Å². The first-order valence-electron chi connectivity index (χ1n) is 8.48. The van der Waals surface area contributed by atoms with E-state index in [1.165, 1.54) is 32.1 Å². The third kappa shape index (κ3) is 4.47. The molecule has 2 aliphatic rings. The van der Waals surface area contributed by atoms with Gasteiger partial charge in [-0.1, -0.05) is 33.6 Å². The molecule has 1 heterocycles. The van der Waals surface area contributed by atoms with Crippen LogP contribution in [0.1, 0.15) is 59.3 Å². The van der Waals surface area contributed by atoms with Gasteiger partial charge in [-0.2, -0.15) is 0 Å². The van der Waals surface area contributed by atoms with E-state index in [4.69, 9.17) is 4.74 Å². The van der Waals surface area contributed by atoms with Crippen LogP contribution in [0.15, 0.2) is 0 Å². The molecule has 0 unspecified atom stereocenters. The zero-order valence-corrected chi connectivity index (χ0v) is 13.4. The Balaban J connectivity index is 1.83. The van der Waals surface area contributed by atoms with Crippen molar-refractivity contribution < 1.29 is 9.53 Å². The molecule has 0 aromatic heterocycles. The lowest BCUT2D eigenvalue weighted by atomic mass is 9.75. The van der Waals surface area contributed by atoms with Gasteiger partial charge >= 0.3 is 5.97 Å². The Morgan fingerprint density at radius 3 is 2.55 bits per heavy atom. The molecule has 3 heteroatoms. The lowest BCUT2D eigenvalue weighted by Crippen LogP contribution is -2.40. The maximum atomic E-state index is 12.2. The Bertz CT molecular complexity index is 310. The molecule has 1 aliphatic heterocycles. The molecular weight excluding hydrogens is 250 g/mol. The van der Waals surface area contributed by atoms with Gasteiger partial charge in [0.2, 0.25) is 0 Å². The number of piperidine rings is 1. The van der Waals surface area contributed by atoms with Crippen LogP contribution in [-0.2, 0) is 9.53 Å². The summed E-state index contributed by atoms with van der Waals surface area (Å²) in [5, 5.41) is 0. The molecule has 0 amide bonds. The summed E-state index contributed by atoms with van der Waals surface area (Å²) in [6, 6.07) is 0. The average molecular weight is 281 g/mol. The third-order valence-electron chi connectivity index (χ3n) is 5.05. The van der Waals surface area contributed by atoms with Crippen LogP contribution in [0, 0.1) is 17.8 Å². The first-order valence-corrected chi connectivity index (χ1v) is 8.48. The van der Waals surface area contributed by atoms with Crippen molar-refractivity contribution in [2.75, 3.05) is 19.6 Å². The molecule has 0 aromatic rings. The highest BCUT2D eigenvalue weighted by Gasteiger charge is 2.33. The van der Waals surface area contributed by atoms with Crippen LogP contribution in [0.3, 0.4) is 0 Å². The van der Waals surface area contributed by atoms with E-state index >= 15 is 0 Å². The van der Waals surface area contributed by atoms with Gasteiger partial charge in [0.15, 0.2) is 0 Å². The number of esters is 1. The van der Waals surface area contributed by atoms with Gasteiger partial charge in [0, 0.05) is 0 Å². The third-order valence-corrected chi connectivity index (χ3v) is 5.05. The molecule has 2 rings (SSSR count). The molecule has 0 spiro atoms. The second kappa shape index (κ2) is 7.44. The molecule has 0 bridgehead atoms. The molecule has 3 nitrogen and oxygen atoms in total. The Hall–Kier alpha value is -0.570. The molecule has 0 radical (unpaired) electrons. The fourth-order valence-corrected chi connectivity index (χ4v) is 3.76. The molecule has 20 heavy (non-hydrogen) atoms. The predicted molar refractivity (Wildman–Crippen MR) is 81.5 cm³/mol. The maximum absolute atomic E-state index is 12.2. The summed E-state index contributed by atoms with van der Waals surface area (Å²) in [7, 11) is 0. The highest BCUT2D eigenvalue weighted by molar-refractivity contribution is 5.71. The lowest BCUT2D eigenvalue weighted by molar-refractivity contribution is -0.157. The van der Waals surface area contributed by atoms with Gasteiger partial charge in [0.1, 0.15) is 6.10 Å². The summed E-state index contributed by atoms with van der Waals surface area (Å²) in [5.41, 5.74) is 0. The van der Waals surface area contributed by atoms with E-state index in [9.17, 15) is 4.79 Å². The van der Waals surface area contributed by atoms with Gasteiger partial charge in [-0.05, 0) is 56.5 Å². The summed E-state index contributed by atoms with van der Waals surface area (Å²) in [4.78, 5) is 14.4. The minimum absolute atomic E-state index is 0.00310. The molecule has 1 saturated carbocycles. The highest BCUT2D eigenvalue weighted by Crippen LogP contribution is 2.35. The van der Waals surface area contributed by atoms with Gasteiger partial charge < -0.3 is 4.74 Å². The van der Waals surface area contributed by atoms with Crippen molar-refractivity contribution in [3.63, 3.8) is 0 Å². The zero-order valence-electron chi connectivity index (χ0n) is 13.4. The van der Waals surface area contributed by atoms with E-state index in [0.717, 1.165) is 19.5 Å². The largest absolute Gasteiger partial charge is 0.461 e. The quantitative estimate of drug-likeness (QED) is 0.739. The van der Waals surface area contributed by atoms with Gasteiger partial charge in [-0.15, -0.1) is 0 Å². The van der Waals surface area contributed by atoms with Crippen LogP contribution in [0.25, 0.3) is 0 Å². The molecule has 0 N–H and O–H groups in total. The fraction of sp³-hybridized carbons (Fsp3) is 0.941. The molecule has 1 aliphatic carbocycles. The van der Waals surface area contributed by atoms with E-state index in [1.807, 2.05) is 0 Å². The van der Waals surface area contributed by atoms with Gasteiger partial charge in [-0.3, -0.25) is 9.69 Å². The van der Waals surface area contributed by atoms with Crippen molar-refractivity contribution in [1.29, 1.82) is 0 Å². The number of carbonyl (C=O) groups excluding carboxylic acids is 1. The van der Waals surface area contributed by atoms with E-state index < -0.39 is 0 Å². The van der Waals surface area contributed by atoms with Crippen LogP contribution >= 0.6 is 0 Å². The number of hydrogen-bond donors (Lipinski definition) is 0. The molecule has 3 atom stereocenters. The van der Waals surface area contributed by atoms with Crippen molar-refractivity contribution in [2.45, 2.75) is 65.4 Å². The zero-order chi connectivity index (χ0) is 14.5. The monoisotopic (exact) mass is 281 g/mol. The van der Waals surface area contributed by atoms with E-state index in [2.05, 4.69) is 25.7 Å². The summed E-state index contributed by atoms with van der Waals surface area (Å²) in [6.45, 7) is 9.41. The first-order chi connectivity index (χ1) is 9.56. The predicted octanol–water partition coefficient (Wildman–Crippen LogP) is 3.48. The minimum Gasteiger partial charge on any atom is -0.461 e. The second-order valence-electron chi connectivity index (χ2n) is 7.19. The van der Waals surface area contributed by atoms with Crippen LogP contribution in [0.2, 0.25) is 0 Å². The van der Waals surface area contributed by atoms with Gasteiger partial charge in [-0.25, -0.2) is 0 Å². The summed E-state index contributed by atoms with van der Waals surface area (Å²) >= 11 is 0. The standard InChI is InChI=1S/C17H31NO2/c1-13(2)15-8-7-14(3)11-16(15)20-17(19)12-18-9-5-4-6-10-18/h13-16H,4-12H2,1-3H3/t14-,15-,16+/m1/s1. The number of nitrogens with zero attached hydrogens (tertiary/aromatic N) is 1. The highest BCUT2D eigenvalue weighted by atomic mass is 16.5. The Morgan fingerprint density at radius 1 is 1.20 bits per heavy atom. The Kier molecular flexibility index (Phi) is 5.88. The summed E-state index contributed by atoms with van der Waals surface area (Å²) < 4.78 is 5.86. The average Bonchev–Trinajstić information content (AvgIpc) is 2.39. The number of ether oxygens (including phenoxy) is 1. The minimum atomic E-state index is -0.00310. The second-order valence-corrected chi connectivity index (χ2v) is 7.19. The summed E-state index contributed by atoms with van der Waals surface area (Å²) in [5.74, 6) is 1.85. The van der Waals surface area contributed by atoms with E-state index in [-0.39, 0.29) is 12.1 Å². The molecular formula is C17H31NO2. The van der Waals surface area contributed by atoms with Crippen molar-refractivity contribution in [3.8, 4) is 0 Å². The molecule has 116 valence electrons.